The number of piperazine rings is 1. The number of aryl methyl sites for hydroxylation is 1. The van der Waals surface area contributed by atoms with Crippen LogP contribution in [-0.2, 0) is 6.42 Å². The van der Waals surface area contributed by atoms with Crippen LogP contribution in [0.15, 0.2) is 42.6 Å². The fraction of sp³-hybridized carbons (Fsp3) is 0.333. The summed E-state index contributed by atoms with van der Waals surface area (Å²) in [6.07, 6.45) is 4.92. The summed E-state index contributed by atoms with van der Waals surface area (Å²) in [5.74, 6) is 0.897. The first-order valence-corrected chi connectivity index (χ1v) is 11.4. The molecule has 2 aliphatic heterocycles. The Morgan fingerprint density at radius 1 is 1.19 bits per heavy atom. The molecule has 0 aliphatic carbocycles. The lowest BCUT2D eigenvalue weighted by Gasteiger charge is -2.41. The summed E-state index contributed by atoms with van der Waals surface area (Å²) in [6.45, 7) is 4.96. The Balaban J connectivity index is 1.51. The second-order valence-corrected chi connectivity index (χ2v) is 9.32. The number of hydrogen-bond donors (Lipinski definition) is 1. The fourth-order valence-corrected chi connectivity index (χ4v) is 5.16. The molecule has 0 saturated carbocycles. The molecule has 0 amide bonds. The number of ether oxygens (including phenoxy) is 1. The van der Waals surface area contributed by atoms with E-state index in [-0.39, 0.29) is 0 Å². The van der Waals surface area contributed by atoms with Crippen LogP contribution in [0.4, 0.5) is 5.00 Å². The molecule has 1 aromatic carbocycles. The van der Waals surface area contributed by atoms with Crippen LogP contribution < -0.4 is 20.6 Å². The fourth-order valence-electron chi connectivity index (χ4n) is 4.38. The van der Waals surface area contributed by atoms with Gasteiger partial charge in [-0.15, -0.1) is 11.3 Å². The van der Waals surface area contributed by atoms with E-state index in [4.69, 9.17) is 14.7 Å². The van der Waals surface area contributed by atoms with E-state index in [0.717, 1.165) is 63.8 Å². The molecular formula is C24H27N5OS. The van der Waals surface area contributed by atoms with Crippen molar-refractivity contribution in [3.8, 4) is 5.75 Å². The molecule has 1 saturated heterocycles. The number of aromatic nitrogens is 2. The third-order valence-electron chi connectivity index (χ3n) is 6.10. The number of nitrogens with zero attached hydrogens (tertiary/aromatic N) is 4. The molecule has 0 bridgehead atoms. The largest absolute Gasteiger partial charge is 0.497 e. The van der Waals surface area contributed by atoms with Gasteiger partial charge in [0.15, 0.2) is 0 Å². The Labute approximate surface area is 186 Å². The zero-order valence-electron chi connectivity index (χ0n) is 18.1. The number of methoxy groups -OCH3 is 1. The first-order valence-electron chi connectivity index (χ1n) is 10.6. The van der Waals surface area contributed by atoms with Crippen molar-refractivity contribution in [2.24, 2.45) is 0 Å². The van der Waals surface area contributed by atoms with Gasteiger partial charge in [0, 0.05) is 43.3 Å². The number of pyridine rings is 1. The predicted molar refractivity (Wildman–Crippen MR) is 126 cm³/mol. The molecule has 1 fully saturated rings. The van der Waals surface area contributed by atoms with Crippen LogP contribution in [0.5, 0.6) is 5.75 Å². The number of fused-ring (bicyclic) bond motifs is 2. The van der Waals surface area contributed by atoms with Crippen LogP contribution in [-0.4, -0.2) is 59.6 Å². The molecule has 1 N–H and O–H groups in total. The van der Waals surface area contributed by atoms with E-state index in [1.807, 2.05) is 24.4 Å². The van der Waals surface area contributed by atoms with E-state index in [9.17, 15) is 0 Å². The SMILES string of the molecule is COc1ccc(CC2CN(C3=c4ncccc4=CNc4sc(C)nc43)CCN2C)cc1. The maximum absolute atomic E-state index is 5.31. The van der Waals surface area contributed by atoms with Crippen LogP contribution in [0.2, 0.25) is 0 Å². The van der Waals surface area contributed by atoms with E-state index in [1.54, 1.807) is 18.4 Å². The number of benzene rings is 1. The standard InChI is InChI=1S/C24H27N5OS/c1-16-27-22-23(21-18(5-4-10-25-21)14-26-24(22)31-16)29-12-11-28(2)19(15-29)13-17-6-8-20(30-3)9-7-17/h4-10,14,19,26H,11-13,15H2,1-3H3. The Morgan fingerprint density at radius 2 is 2.03 bits per heavy atom. The van der Waals surface area contributed by atoms with E-state index in [1.165, 1.54) is 5.56 Å². The minimum absolute atomic E-state index is 0.408. The number of likely N-dealkylation sites (N-methyl/N-ethyl adjacent to an activating group) is 1. The molecule has 0 spiro atoms. The van der Waals surface area contributed by atoms with Crippen molar-refractivity contribution in [2.75, 3.05) is 39.1 Å². The average molecular weight is 434 g/mol. The Bertz CT molecular complexity index is 1200. The maximum atomic E-state index is 5.31. The summed E-state index contributed by atoms with van der Waals surface area (Å²) in [5, 5.41) is 7.73. The van der Waals surface area contributed by atoms with Crippen molar-refractivity contribution in [1.29, 1.82) is 0 Å². The lowest BCUT2D eigenvalue weighted by Crippen LogP contribution is -2.53. The van der Waals surface area contributed by atoms with Crippen LogP contribution in [0.1, 0.15) is 16.3 Å². The number of anilines is 1. The summed E-state index contributed by atoms with van der Waals surface area (Å²) in [6, 6.07) is 12.9. The maximum Gasteiger partial charge on any atom is 0.124 e. The third kappa shape index (κ3) is 3.91. The normalized spacial score (nSPS) is 18.5. The molecule has 2 aliphatic rings. The summed E-state index contributed by atoms with van der Waals surface area (Å²) < 4.78 is 5.31. The highest BCUT2D eigenvalue weighted by Gasteiger charge is 2.30. The number of rotatable bonds is 4. The van der Waals surface area contributed by atoms with Gasteiger partial charge in [-0.3, -0.25) is 9.88 Å². The van der Waals surface area contributed by atoms with Gasteiger partial charge in [0.25, 0.3) is 0 Å². The molecule has 5 rings (SSSR count). The molecule has 3 aromatic rings. The van der Waals surface area contributed by atoms with Gasteiger partial charge >= 0.3 is 0 Å². The minimum Gasteiger partial charge on any atom is -0.497 e. The third-order valence-corrected chi connectivity index (χ3v) is 7.01. The van der Waals surface area contributed by atoms with Gasteiger partial charge in [0.05, 0.1) is 23.2 Å². The van der Waals surface area contributed by atoms with Crippen molar-refractivity contribution < 1.29 is 4.74 Å². The van der Waals surface area contributed by atoms with Gasteiger partial charge in [0.2, 0.25) is 0 Å². The van der Waals surface area contributed by atoms with Gasteiger partial charge in [0.1, 0.15) is 16.4 Å². The first kappa shape index (κ1) is 20.0. The molecule has 0 radical (unpaired) electrons. The van der Waals surface area contributed by atoms with E-state index >= 15 is 0 Å². The van der Waals surface area contributed by atoms with Crippen LogP contribution in [0.25, 0.3) is 11.9 Å². The smallest absolute Gasteiger partial charge is 0.124 e. The van der Waals surface area contributed by atoms with Crippen LogP contribution in [0.3, 0.4) is 0 Å². The van der Waals surface area contributed by atoms with Crippen molar-refractivity contribution >= 4 is 28.2 Å². The highest BCUT2D eigenvalue weighted by molar-refractivity contribution is 7.16. The minimum atomic E-state index is 0.408. The number of hydrogen-bond acceptors (Lipinski definition) is 7. The monoisotopic (exact) mass is 433 g/mol. The van der Waals surface area contributed by atoms with E-state index in [2.05, 4.69) is 53.5 Å². The van der Waals surface area contributed by atoms with Gasteiger partial charge in [-0.1, -0.05) is 12.1 Å². The molecule has 2 aromatic heterocycles. The Kier molecular flexibility index (Phi) is 5.38. The molecule has 7 heteroatoms. The molecular weight excluding hydrogens is 406 g/mol. The second-order valence-electron chi connectivity index (χ2n) is 8.12. The van der Waals surface area contributed by atoms with Crippen molar-refractivity contribution in [2.45, 2.75) is 19.4 Å². The van der Waals surface area contributed by atoms with E-state index in [0.29, 0.717) is 6.04 Å². The lowest BCUT2D eigenvalue weighted by molar-refractivity contribution is 0.133. The van der Waals surface area contributed by atoms with Crippen LogP contribution >= 0.6 is 11.3 Å². The summed E-state index contributed by atoms with van der Waals surface area (Å²) in [5.41, 5.74) is 3.48. The summed E-state index contributed by atoms with van der Waals surface area (Å²) in [7, 11) is 3.93. The van der Waals surface area contributed by atoms with Gasteiger partial charge < -0.3 is 15.0 Å². The summed E-state index contributed by atoms with van der Waals surface area (Å²) in [4.78, 5) is 14.6. The summed E-state index contributed by atoms with van der Waals surface area (Å²) >= 11 is 1.70. The van der Waals surface area contributed by atoms with Gasteiger partial charge in [-0.05, 0) is 50.2 Å². The Morgan fingerprint density at radius 3 is 2.84 bits per heavy atom. The molecule has 160 valence electrons. The highest BCUT2D eigenvalue weighted by atomic mass is 32.1. The predicted octanol–water partition coefficient (Wildman–Crippen LogP) is 2.03. The molecule has 4 heterocycles. The highest BCUT2D eigenvalue weighted by Crippen LogP contribution is 2.32. The van der Waals surface area contributed by atoms with Crippen molar-refractivity contribution in [3.63, 3.8) is 0 Å². The zero-order chi connectivity index (χ0) is 21.4. The van der Waals surface area contributed by atoms with Crippen molar-refractivity contribution in [1.82, 2.24) is 19.8 Å². The number of thiazole rings is 1. The van der Waals surface area contributed by atoms with Gasteiger partial charge in [-0.2, -0.15) is 0 Å². The second kappa shape index (κ2) is 8.32. The molecule has 1 unspecified atom stereocenters. The molecule has 6 nitrogen and oxygen atoms in total. The quantitative estimate of drug-likeness (QED) is 0.680. The van der Waals surface area contributed by atoms with E-state index < -0.39 is 0 Å². The zero-order valence-corrected chi connectivity index (χ0v) is 18.9. The van der Waals surface area contributed by atoms with Gasteiger partial charge in [-0.25, -0.2) is 4.98 Å². The number of nitrogens with one attached hydrogen (secondary N) is 1. The van der Waals surface area contributed by atoms with Crippen molar-refractivity contribution in [3.05, 3.63) is 69.4 Å². The Hall–Kier alpha value is -2.90. The lowest BCUT2D eigenvalue weighted by atomic mass is 10.0. The average Bonchev–Trinajstić information content (AvgIpc) is 3.08. The topological polar surface area (TPSA) is 53.5 Å². The van der Waals surface area contributed by atoms with Crippen LogP contribution in [0, 0.1) is 6.92 Å². The molecule has 1 atom stereocenters. The first-order chi connectivity index (χ1) is 15.1. The molecule has 31 heavy (non-hydrogen) atoms.